The molecule has 39 heavy (non-hydrogen) atoms. The van der Waals surface area contributed by atoms with Crippen molar-refractivity contribution in [2.45, 2.75) is 19.5 Å². The lowest BCUT2D eigenvalue weighted by Gasteiger charge is -2.24. The molecule has 3 aromatic carbocycles. The second kappa shape index (κ2) is 9.96. The third-order valence-electron chi connectivity index (χ3n) is 6.95. The molecule has 0 bridgehead atoms. The van der Waals surface area contributed by atoms with E-state index in [-0.39, 0.29) is 11.4 Å². The van der Waals surface area contributed by atoms with Crippen molar-refractivity contribution < 1.29 is 13.9 Å². The van der Waals surface area contributed by atoms with Gasteiger partial charge in [0.15, 0.2) is 4.80 Å². The molecule has 194 valence electrons. The van der Waals surface area contributed by atoms with E-state index in [0.717, 1.165) is 22.0 Å². The van der Waals surface area contributed by atoms with Crippen LogP contribution in [0.25, 0.3) is 17.0 Å². The Kier molecular flexibility index (Phi) is 6.32. The summed E-state index contributed by atoms with van der Waals surface area (Å²) in [6.07, 6.45) is 3.79. The van der Waals surface area contributed by atoms with Crippen LogP contribution in [0.1, 0.15) is 29.7 Å². The zero-order chi connectivity index (χ0) is 27.1. The van der Waals surface area contributed by atoms with Crippen molar-refractivity contribution >= 4 is 34.3 Å². The zero-order valence-corrected chi connectivity index (χ0v) is 22.1. The van der Waals surface area contributed by atoms with Crippen molar-refractivity contribution in [2.24, 2.45) is 4.99 Å². The Morgan fingerprint density at radius 3 is 2.54 bits per heavy atom. The molecule has 0 aliphatic carbocycles. The first-order chi connectivity index (χ1) is 19.0. The Balaban J connectivity index is 1.53. The van der Waals surface area contributed by atoms with Crippen LogP contribution in [0.2, 0.25) is 0 Å². The van der Waals surface area contributed by atoms with Gasteiger partial charge < -0.3 is 9.30 Å². The smallest absolute Gasteiger partial charge is 0.338 e. The van der Waals surface area contributed by atoms with Crippen LogP contribution in [0.4, 0.5) is 4.39 Å². The van der Waals surface area contributed by atoms with E-state index in [0.29, 0.717) is 32.7 Å². The van der Waals surface area contributed by atoms with Gasteiger partial charge in [0.2, 0.25) is 0 Å². The second-order valence-corrected chi connectivity index (χ2v) is 10.3. The first-order valence-electron chi connectivity index (χ1n) is 12.4. The third kappa shape index (κ3) is 4.32. The Hall–Kier alpha value is -4.56. The molecular formula is C31H24FN3O3S. The summed E-state index contributed by atoms with van der Waals surface area (Å²) in [4.78, 5) is 31.8. The molecule has 6 rings (SSSR count). The van der Waals surface area contributed by atoms with Gasteiger partial charge in [-0.25, -0.2) is 14.2 Å². The molecule has 0 fully saturated rings. The number of fused-ring (bicyclic) bond motifs is 2. The molecule has 0 amide bonds. The second-order valence-electron chi connectivity index (χ2n) is 9.30. The van der Waals surface area contributed by atoms with Crippen LogP contribution in [0.3, 0.4) is 0 Å². The maximum atomic E-state index is 14.4. The maximum Gasteiger partial charge on any atom is 0.338 e. The van der Waals surface area contributed by atoms with Crippen LogP contribution < -0.4 is 14.9 Å². The molecule has 1 aliphatic rings. The summed E-state index contributed by atoms with van der Waals surface area (Å²) < 4.78 is 23.5. The fraction of sp³-hybridized carbons (Fsp3) is 0.129. The van der Waals surface area contributed by atoms with Crippen LogP contribution in [0, 0.1) is 5.82 Å². The van der Waals surface area contributed by atoms with Gasteiger partial charge in [0.1, 0.15) is 5.82 Å². The lowest BCUT2D eigenvalue weighted by molar-refractivity contribution is -0.136. The van der Waals surface area contributed by atoms with Crippen molar-refractivity contribution in [2.75, 3.05) is 7.11 Å². The van der Waals surface area contributed by atoms with Gasteiger partial charge in [-0.05, 0) is 30.7 Å². The topological polar surface area (TPSA) is 65.6 Å². The fourth-order valence-electron chi connectivity index (χ4n) is 5.12. The first-order valence-corrected chi connectivity index (χ1v) is 13.2. The standard InChI is InChI=1S/C31H24FN3O3S/c1-19-27(30(37)38-2)28(20-10-4-3-5-11-20)35-29(36)26(39-31(35)33-19)16-22-18-34(25-15-9-7-13-23(22)25)17-21-12-6-8-14-24(21)32/h3-16,18,28H,17H2,1-2H3/b26-16-. The van der Waals surface area contributed by atoms with Crippen molar-refractivity contribution in [3.8, 4) is 0 Å². The Bertz CT molecular complexity index is 1950. The Morgan fingerprint density at radius 1 is 1.05 bits per heavy atom. The molecule has 1 aliphatic heterocycles. The number of hydrogen-bond donors (Lipinski definition) is 0. The predicted molar refractivity (Wildman–Crippen MR) is 150 cm³/mol. The van der Waals surface area contributed by atoms with Gasteiger partial charge >= 0.3 is 5.97 Å². The van der Waals surface area contributed by atoms with E-state index >= 15 is 0 Å². The molecule has 5 aromatic rings. The highest BCUT2D eigenvalue weighted by atomic mass is 32.1. The number of ether oxygens (including phenoxy) is 1. The monoisotopic (exact) mass is 537 g/mol. The molecule has 0 radical (unpaired) electrons. The summed E-state index contributed by atoms with van der Waals surface area (Å²) in [5.74, 6) is -0.779. The molecule has 0 saturated heterocycles. The van der Waals surface area contributed by atoms with E-state index in [9.17, 15) is 14.0 Å². The predicted octanol–water partition coefficient (Wildman–Crippen LogP) is 4.55. The maximum absolute atomic E-state index is 14.4. The number of carbonyl (C=O) groups excluding carboxylic acids is 1. The highest BCUT2D eigenvalue weighted by molar-refractivity contribution is 7.07. The molecule has 0 spiro atoms. The van der Waals surface area contributed by atoms with E-state index in [2.05, 4.69) is 4.99 Å². The largest absolute Gasteiger partial charge is 0.466 e. The van der Waals surface area contributed by atoms with Gasteiger partial charge in [-0.2, -0.15) is 0 Å². The third-order valence-corrected chi connectivity index (χ3v) is 7.93. The Labute approximate surface area is 227 Å². The van der Waals surface area contributed by atoms with Crippen LogP contribution in [-0.4, -0.2) is 22.2 Å². The SMILES string of the molecule is COC(=O)C1=C(C)N=c2s/c(=C\c3cn(Cc4ccccc4F)c4ccccc34)c(=O)n2C1c1ccccc1. The van der Waals surface area contributed by atoms with E-state index in [1.165, 1.54) is 24.5 Å². The summed E-state index contributed by atoms with van der Waals surface area (Å²) >= 11 is 1.28. The summed E-state index contributed by atoms with van der Waals surface area (Å²) in [5, 5.41) is 0.950. The number of para-hydroxylation sites is 1. The zero-order valence-electron chi connectivity index (χ0n) is 21.3. The summed E-state index contributed by atoms with van der Waals surface area (Å²) in [6.45, 7) is 2.12. The van der Waals surface area contributed by atoms with Crippen LogP contribution in [-0.2, 0) is 16.1 Å². The number of allylic oxidation sites excluding steroid dienone is 1. The molecule has 1 atom stereocenters. The number of hydrogen-bond acceptors (Lipinski definition) is 5. The number of esters is 1. The highest BCUT2D eigenvalue weighted by Gasteiger charge is 2.32. The fourth-order valence-corrected chi connectivity index (χ4v) is 6.15. The molecule has 0 N–H and O–H groups in total. The van der Waals surface area contributed by atoms with Gasteiger partial charge in [0.25, 0.3) is 5.56 Å². The molecule has 0 saturated carbocycles. The normalized spacial score (nSPS) is 15.4. The Morgan fingerprint density at radius 2 is 1.77 bits per heavy atom. The van der Waals surface area contributed by atoms with E-state index in [4.69, 9.17) is 4.74 Å². The lowest BCUT2D eigenvalue weighted by atomic mass is 9.96. The molecule has 8 heteroatoms. The first kappa shape index (κ1) is 24.8. The highest BCUT2D eigenvalue weighted by Crippen LogP contribution is 2.30. The summed E-state index contributed by atoms with van der Waals surface area (Å²) in [6, 6.07) is 23.3. The van der Waals surface area contributed by atoms with E-state index in [1.807, 2.05) is 77.5 Å². The molecule has 3 heterocycles. The van der Waals surface area contributed by atoms with Gasteiger partial charge in [-0.3, -0.25) is 9.36 Å². The van der Waals surface area contributed by atoms with Crippen molar-refractivity contribution in [3.63, 3.8) is 0 Å². The number of benzene rings is 3. The van der Waals surface area contributed by atoms with Gasteiger partial charge in [-0.1, -0.05) is 78.1 Å². The minimum Gasteiger partial charge on any atom is -0.466 e. The molecule has 2 aromatic heterocycles. The molecule has 1 unspecified atom stereocenters. The van der Waals surface area contributed by atoms with E-state index < -0.39 is 12.0 Å². The van der Waals surface area contributed by atoms with Crippen molar-refractivity contribution in [1.29, 1.82) is 0 Å². The number of nitrogens with zero attached hydrogens (tertiary/aromatic N) is 3. The molecular weight excluding hydrogens is 513 g/mol. The molecule has 6 nitrogen and oxygen atoms in total. The van der Waals surface area contributed by atoms with Crippen LogP contribution >= 0.6 is 11.3 Å². The number of carbonyl (C=O) groups is 1. The van der Waals surface area contributed by atoms with Crippen LogP contribution in [0.5, 0.6) is 0 Å². The lowest BCUT2D eigenvalue weighted by Crippen LogP contribution is -2.39. The van der Waals surface area contributed by atoms with Crippen molar-refractivity contribution in [1.82, 2.24) is 9.13 Å². The summed E-state index contributed by atoms with van der Waals surface area (Å²) in [5.41, 5.74) is 3.76. The summed E-state index contributed by atoms with van der Waals surface area (Å²) in [7, 11) is 1.33. The van der Waals surface area contributed by atoms with Gasteiger partial charge in [0, 0.05) is 28.2 Å². The van der Waals surface area contributed by atoms with Crippen molar-refractivity contribution in [3.05, 3.63) is 139 Å². The number of rotatable bonds is 5. The number of thiazole rings is 1. The van der Waals surface area contributed by atoms with Gasteiger partial charge in [-0.15, -0.1) is 0 Å². The van der Waals surface area contributed by atoms with E-state index in [1.54, 1.807) is 23.6 Å². The number of aromatic nitrogens is 2. The minimum absolute atomic E-state index is 0.243. The minimum atomic E-state index is -0.653. The quantitative estimate of drug-likeness (QED) is 0.309. The van der Waals surface area contributed by atoms with Crippen LogP contribution in [0.15, 0.2) is 106 Å². The average Bonchev–Trinajstić information content (AvgIpc) is 3.45. The number of halogens is 1. The average molecular weight is 538 g/mol. The van der Waals surface area contributed by atoms with Gasteiger partial charge in [0.05, 0.1) is 35.5 Å². The number of methoxy groups -OCH3 is 1.